The molecule has 10 heteroatoms. The lowest BCUT2D eigenvalue weighted by molar-refractivity contribution is -0.155. The summed E-state index contributed by atoms with van der Waals surface area (Å²) >= 11 is 0. The number of ether oxygens (including phenoxy) is 4. The number of aliphatic hydroxyl groups excluding tert-OH is 1. The third-order valence-electron chi connectivity index (χ3n) is 7.01. The predicted molar refractivity (Wildman–Crippen MR) is 158 cm³/mol. The van der Waals surface area contributed by atoms with Crippen LogP contribution in [-0.2, 0) is 35.0 Å². The zero-order chi connectivity index (χ0) is 31.0. The molecule has 1 aliphatic heterocycles. The standard InChI is InChI=1S/C33H39NO9/c1-33(2,3)43-29(37)16-15-25(19-35)34-31(38)24-17-27-30(41-20-40-27)28(18-24)42-32(39)23-13-11-21(12-14-23)7-6-9-22-8-4-5-10-26(22)36/h4-8,10-14,17,25,27-28,30,35-36H,9,15-16,18-20H2,1-3H3,(H,34,38). The van der Waals surface area contributed by atoms with Crippen molar-refractivity contribution >= 4 is 23.9 Å². The van der Waals surface area contributed by atoms with E-state index >= 15 is 0 Å². The molecule has 4 unspecified atom stereocenters. The Labute approximate surface area is 251 Å². The molecule has 4 rings (SSSR count). The van der Waals surface area contributed by atoms with E-state index in [1.165, 1.54) is 0 Å². The maximum atomic E-state index is 13.1. The molecule has 1 aliphatic carbocycles. The van der Waals surface area contributed by atoms with Crippen LogP contribution in [-0.4, -0.2) is 71.4 Å². The minimum absolute atomic E-state index is 0.00568. The van der Waals surface area contributed by atoms with Crippen molar-refractivity contribution in [2.24, 2.45) is 0 Å². The first-order valence-corrected chi connectivity index (χ1v) is 14.3. The highest BCUT2D eigenvalue weighted by molar-refractivity contribution is 5.94. The highest BCUT2D eigenvalue weighted by atomic mass is 16.7. The maximum Gasteiger partial charge on any atom is 0.338 e. The largest absolute Gasteiger partial charge is 0.508 e. The van der Waals surface area contributed by atoms with Gasteiger partial charge in [-0.15, -0.1) is 0 Å². The molecule has 2 aliphatic rings. The minimum atomic E-state index is -0.766. The number of aromatic hydroxyl groups is 1. The molecule has 10 nitrogen and oxygen atoms in total. The second-order valence-corrected chi connectivity index (χ2v) is 11.6. The molecule has 1 saturated heterocycles. The molecule has 3 N–H and O–H groups in total. The molecule has 0 bridgehead atoms. The Morgan fingerprint density at radius 1 is 1.09 bits per heavy atom. The monoisotopic (exact) mass is 593 g/mol. The van der Waals surface area contributed by atoms with Gasteiger partial charge in [-0.3, -0.25) is 9.59 Å². The van der Waals surface area contributed by atoms with Crippen molar-refractivity contribution in [2.45, 2.75) is 76.4 Å². The number of amides is 1. The van der Waals surface area contributed by atoms with E-state index in [1.807, 2.05) is 24.3 Å². The van der Waals surface area contributed by atoms with Crippen LogP contribution in [0.4, 0.5) is 0 Å². The fourth-order valence-corrected chi connectivity index (χ4v) is 4.84. The van der Waals surface area contributed by atoms with E-state index < -0.39 is 47.8 Å². The van der Waals surface area contributed by atoms with Gasteiger partial charge in [-0.2, -0.15) is 0 Å². The van der Waals surface area contributed by atoms with Gasteiger partial charge in [0.2, 0.25) is 5.91 Å². The lowest BCUT2D eigenvalue weighted by Crippen LogP contribution is -2.45. The van der Waals surface area contributed by atoms with Crippen LogP contribution in [0.2, 0.25) is 0 Å². The molecule has 0 radical (unpaired) electrons. The van der Waals surface area contributed by atoms with E-state index in [0.29, 0.717) is 17.6 Å². The van der Waals surface area contributed by atoms with E-state index in [0.717, 1.165) is 11.1 Å². The number of hydrogen-bond acceptors (Lipinski definition) is 9. The van der Waals surface area contributed by atoms with Crippen molar-refractivity contribution in [1.29, 1.82) is 0 Å². The first-order valence-electron chi connectivity index (χ1n) is 14.3. The molecule has 2 aromatic rings. The van der Waals surface area contributed by atoms with Crippen LogP contribution in [0.1, 0.15) is 61.5 Å². The second-order valence-electron chi connectivity index (χ2n) is 11.6. The Bertz CT molecular complexity index is 1340. The van der Waals surface area contributed by atoms with Crippen molar-refractivity contribution in [1.82, 2.24) is 5.32 Å². The lowest BCUT2D eigenvalue weighted by Gasteiger charge is -2.30. The zero-order valence-corrected chi connectivity index (χ0v) is 24.7. The van der Waals surface area contributed by atoms with Crippen molar-refractivity contribution < 1.29 is 43.5 Å². The Hall–Kier alpha value is -3.99. The number of phenols is 1. The second kappa shape index (κ2) is 14.5. The number of benzene rings is 2. The van der Waals surface area contributed by atoms with Crippen LogP contribution in [0, 0.1) is 0 Å². The smallest absolute Gasteiger partial charge is 0.338 e. The highest BCUT2D eigenvalue weighted by Crippen LogP contribution is 2.31. The van der Waals surface area contributed by atoms with Gasteiger partial charge in [-0.05, 0) is 69.0 Å². The van der Waals surface area contributed by atoms with E-state index in [-0.39, 0.29) is 38.4 Å². The molecule has 0 saturated carbocycles. The third kappa shape index (κ3) is 9.25. The highest BCUT2D eigenvalue weighted by Gasteiger charge is 2.42. The van der Waals surface area contributed by atoms with Gasteiger partial charge in [0.15, 0.2) is 0 Å². The van der Waals surface area contributed by atoms with Crippen LogP contribution in [0.15, 0.2) is 66.3 Å². The average molecular weight is 594 g/mol. The normalized spacial score (nSPS) is 20.7. The molecule has 0 spiro atoms. The summed E-state index contributed by atoms with van der Waals surface area (Å²) in [5.74, 6) is -1.18. The zero-order valence-electron chi connectivity index (χ0n) is 24.7. The van der Waals surface area contributed by atoms with Crippen molar-refractivity contribution in [3.05, 3.63) is 82.9 Å². The first kappa shape index (κ1) is 31.9. The van der Waals surface area contributed by atoms with Crippen molar-refractivity contribution in [2.75, 3.05) is 13.4 Å². The van der Waals surface area contributed by atoms with Crippen LogP contribution in [0.5, 0.6) is 5.75 Å². The quantitative estimate of drug-likeness (QED) is 0.332. The van der Waals surface area contributed by atoms with Gasteiger partial charge in [-0.1, -0.05) is 42.5 Å². The summed E-state index contributed by atoms with van der Waals surface area (Å²) in [6, 6.07) is 13.4. The first-order chi connectivity index (χ1) is 20.5. The van der Waals surface area contributed by atoms with E-state index in [2.05, 4.69) is 5.32 Å². The van der Waals surface area contributed by atoms with Crippen molar-refractivity contribution in [3.8, 4) is 5.75 Å². The maximum absolute atomic E-state index is 13.1. The van der Waals surface area contributed by atoms with Gasteiger partial charge in [0.1, 0.15) is 36.5 Å². The summed E-state index contributed by atoms with van der Waals surface area (Å²) in [6.07, 6.45) is 4.49. The molecular formula is C33H39NO9. The van der Waals surface area contributed by atoms with Gasteiger partial charge in [0.25, 0.3) is 0 Å². The van der Waals surface area contributed by atoms with E-state index in [1.54, 1.807) is 63.2 Å². The fourth-order valence-electron chi connectivity index (χ4n) is 4.84. The molecule has 1 heterocycles. The topological polar surface area (TPSA) is 141 Å². The minimum Gasteiger partial charge on any atom is -0.508 e. The average Bonchev–Trinajstić information content (AvgIpc) is 3.45. The summed E-state index contributed by atoms with van der Waals surface area (Å²) in [6.45, 7) is 4.96. The van der Waals surface area contributed by atoms with Crippen LogP contribution < -0.4 is 5.32 Å². The molecule has 1 fully saturated rings. The van der Waals surface area contributed by atoms with Gasteiger partial charge >= 0.3 is 11.9 Å². The van der Waals surface area contributed by atoms with Crippen LogP contribution >= 0.6 is 0 Å². The van der Waals surface area contributed by atoms with Crippen molar-refractivity contribution in [3.63, 3.8) is 0 Å². The van der Waals surface area contributed by atoms with E-state index in [4.69, 9.17) is 18.9 Å². The summed E-state index contributed by atoms with van der Waals surface area (Å²) in [7, 11) is 0. The SMILES string of the molecule is CC(C)(C)OC(=O)CCC(CO)NC(=O)C1=CC2OCOC2C(OC(=O)c2ccc(C=CCc3ccccc3O)cc2)C1. The molecule has 2 aromatic carbocycles. The number of rotatable bonds is 11. The Kier molecular flexibility index (Phi) is 10.7. The summed E-state index contributed by atoms with van der Waals surface area (Å²) in [5, 5.41) is 22.4. The number of nitrogens with one attached hydrogen (secondary N) is 1. The summed E-state index contributed by atoms with van der Waals surface area (Å²) in [4.78, 5) is 38.2. The number of phenolic OH excluding ortho intramolecular Hbond substituents is 1. The predicted octanol–water partition coefficient (Wildman–Crippen LogP) is 3.84. The molecular weight excluding hydrogens is 554 g/mol. The number of para-hydroxylation sites is 1. The summed E-state index contributed by atoms with van der Waals surface area (Å²) in [5.41, 5.74) is 1.75. The number of allylic oxidation sites excluding steroid dienone is 1. The Morgan fingerprint density at radius 3 is 2.53 bits per heavy atom. The van der Waals surface area contributed by atoms with Gasteiger partial charge in [0, 0.05) is 18.4 Å². The number of fused-ring (bicyclic) bond motifs is 1. The number of carbonyl (C=O) groups excluding carboxylic acids is 3. The van der Waals surface area contributed by atoms with E-state index in [9.17, 15) is 24.6 Å². The van der Waals surface area contributed by atoms with Crippen LogP contribution in [0.3, 0.4) is 0 Å². The van der Waals surface area contributed by atoms with Gasteiger partial charge < -0.3 is 34.5 Å². The number of aliphatic hydroxyl groups is 1. The molecule has 4 atom stereocenters. The fraction of sp³-hybridized carbons (Fsp3) is 0.424. The molecule has 1 amide bonds. The van der Waals surface area contributed by atoms with Gasteiger partial charge in [-0.25, -0.2) is 4.79 Å². The van der Waals surface area contributed by atoms with Crippen LogP contribution in [0.25, 0.3) is 6.08 Å². The molecule has 43 heavy (non-hydrogen) atoms. The number of carbonyl (C=O) groups is 3. The number of hydrogen-bond donors (Lipinski definition) is 3. The number of esters is 2. The van der Waals surface area contributed by atoms with Gasteiger partial charge in [0.05, 0.1) is 18.2 Å². The lowest BCUT2D eigenvalue weighted by atomic mass is 9.91. The third-order valence-corrected chi connectivity index (χ3v) is 7.01. The molecule has 0 aromatic heterocycles. The molecule has 230 valence electrons. The Balaban J connectivity index is 1.33. The Morgan fingerprint density at radius 2 is 1.84 bits per heavy atom. The summed E-state index contributed by atoms with van der Waals surface area (Å²) < 4.78 is 22.4.